The molecule has 3 aromatic rings. The zero-order chi connectivity index (χ0) is 14.8. The molecule has 0 saturated carbocycles. The molecule has 1 atom stereocenters. The zero-order valence-electron chi connectivity index (χ0n) is 11.3. The molecule has 0 aliphatic carbocycles. The molecule has 0 saturated heterocycles. The molecule has 0 fully saturated rings. The maximum Gasteiger partial charge on any atom is 0.0830 e. The Morgan fingerprint density at radius 1 is 0.952 bits per heavy atom. The van der Waals surface area contributed by atoms with E-state index < -0.39 is 6.10 Å². The Morgan fingerprint density at radius 3 is 2.52 bits per heavy atom. The van der Waals surface area contributed by atoms with Crippen molar-refractivity contribution in [2.45, 2.75) is 12.5 Å². The minimum atomic E-state index is -0.531. The quantitative estimate of drug-likeness (QED) is 0.650. The summed E-state index contributed by atoms with van der Waals surface area (Å²) in [6, 6.07) is 19.8. The summed E-state index contributed by atoms with van der Waals surface area (Å²) >= 11 is 9.45. The smallest absolute Gasteiger partial charge is 0.0830 e. The number of benzene rings is 3. The number of rotatable bonds is 3. The Morgan fingerprint density at radius 2 is 1.71 bits per heavy atom. The fraction of sp³-hybridized carbons (Fsp3) is 0.111. The molecule has 0 heterocycles. The van der Waals surface area contributed by atoms with Gasteiger partial charge in [0.2, 0.25) is 0 Å². The highest BCUT2D eigenvalue weighted by Crippen LogP contribution is 2.26. The van der Waals surface area contributed by atoms with E-state index in [9.17, 15) is 5.11 Å². The third-order valence-electron chi connectivity index (χ3n) is 3.53. The number of halogens is 2. The molecule has 3 aromatic carbocycles. The van der Waals surface area contributed by atoms with Gasteiger partial charge in [0.05, 0.1) is 6.10 Å². The second-order valence-electron chi connectivity index (χ2n) is 5.10. The first-order valence-electron chi connectivity index (χ1n) is 6.73. The van der Waals surface area contributed by atoms with Gasteiger partial charge < -0.3 is 5.11 Å². The Labute approximate surface area is 137 Å². The van der Waals surface area contributed by atoms with E-state index >= 15 is 0 Å². The van der Waals surface area contributed by atoms with Crippen molar-refractivity contribution >= 4 is 38.3 Å². The van der Waals surface area contributed by atoms with Crippen LogP contribution in [0, 0.1) is 0 Å². The Bertz CT molecular complexity index is 785. The third kappa shape index (κ3) is 3.46. The van der Waals surface area contributed by atoms with Gasteiger partial charge in [-0.15, -0.1) is 0 Å². The van der Waals surface area contributed by atoms with Crippen molar-refractivity contribution in [1.82, 2.24) is 0 Å². The summed E-state index contributed by atoms with van der Waals surface area (Å²) in [4.78, 5) is 0. The summed E-state index contributed by atoms with van der Waals surface area (Å²) in [5.41, 5.74) is 1.95. The maximum atomic E-state index is 10.4. The summed E-state index contributed by atoms with van der Waals surface area (Å²) in [6.07, 6.45) is 0.0271. The van der Waals surface area contributed by atoms with Gasteiger partial charge in [-0.3, -0.25) is 0 Å². The zero-order valence-corrected chi connectivity index (χ0v) is 13.6. The largest absolute Gasteiger partial charge is 0.388 e. The SMILES string of the molecule is OC(Cc1cccc(Cl)c1)c1ccc2cc(Br)ccc2c1. The highest BCUT2D eigenvalue weighted by Gasteiger charge is 2.09. The minimum Gasteiger partial charge on any atom is -0.388 e. The molecule has 21 heavy (non-hydrogen) atoms. The molecule has 0 aliphatic heterocycles. The first kappa shape index (κ1) is 14.6. The molecular formula is C18H14BrClO. The number of hydrogen-bond donors (Lipinski definition) is 1. The van der Waals surface area contributed by atoms with Crippen molar-refractivity contribution in [1.29, 1.82) is 0 Å². The van der Waals surface area contributed by atoms with Crippen LogP contribution in [0.5, 0.6) is 0 Å². The highest BCUT2D eigenvalue weighted by atomic mass is 79.9. The second kappa shape index (κ2) is 6.18. The molecule has 3 heteroatoms. The predicted molar refractivity (Wildman–Crippen MR) is 91.8 cm³/mol. The monoisotopic (exact) mass is 360 g/mol. The number of hydrogen-bond acceptors (Lipinski definition) is 1. The standard InChI is InChI=1S/C18H14BrClO/c19-16-7-6-13-10-15(5-4-14(13)11-16)18(21)9-12-2-1-3-17(20)8-12/h1-8,10-11,18,21H,9H2. The molecule has 1 N–H and O–H groups in total. The lowest BCUT2D eigenvalue weighted by Gasteiger charge is -2.12. The first-order valence-corrected chi connectivity index (χ1v) is 7.91. The molecule has 1 nitrogen and oxygen atoms in total. The van der Waals surface area contributed by atoms with Gasteiger partial charge in [0.25, 0.3) is 0 Å². The van der Waals surface area contributed by atoms with E-state index in [0.29, 0.717) is 11.4 Å². The van der Waals surface area contributed by atoms with Crippen LogP contribution in [0.25, 0.3) is 10.8 Å². The summed E-state index contributed by atoms with van der Waals surface area (Å²) in [5.74, 6) is 0. The van der Waals surface area contributed by atoms with Gasteiger partial charge in [-0.2, -0.15) is 0 Å². The molecule has 0 spiro atoms. The maximum absolute atomic E-state index is 10.4. The van der Waals surface area contributed by atoms with Gasteiger partial charge >= 0.3 is 0 Å². The molecule has 106 valence electrons. The van der Waals surface area contributed by atoms with E-state index in [-0.39, 0.29) is 0 Å². The Hall–Kier alpha value is -1.35. The van der Waals surface area contributed by atoms with Crippen LogP contribution in [-0.4, -0.2) is 5.11 Å². The van der Waals surface area contributed by atoms with Crippen molar-refractivity contribution in [3.63, 3.8) is 0 Å². The molecule has 0 aliphatic rings. The third-order valence-corrected chi connectivity index (χ3v) is 4.26. The van der Waals surface area contributed by atoms with Crippen molar-refractivity contribution in [2.75, 3.05) is 0 Å². The van der Waals surface area contributed by atoms with E-state index in [0.717, 1.165) is 26.4 Å². The Kier molecular flexibility index (Phi) is 4.29. The van der Waals surface area contributed by atoms with E-state index in [1.807, 2.05) is 48.5 Å². The lowest BCUT2D eigenvalue weighted by molar-refractivity contribution is 0.178. The van der Waals surface area contributed by atoms with Gasteiger partial charge in [-0.1, -0.05) is 57.9 Å². The minimum absolute atomic E-state index is 0.531. The van der Waals surface area contributed by atoms with Gasteiger partial charge in [0, 0.05) is 15.9 Å². The van der Waals surface area contributed by atoms with Crippen molar-refractivity contribution < 1.29 is 5.11 Å². The van der Waals surface area contributed by atoms with Crippen molar-refractivity contribution in [3.8, 4) is 0 Å². The van der Waals surface area contributed by atoms with E-state index in [1.165, 1.54) is 0 Å². The molecule has 0 radical (unpaired) electrons. The topological polar surface area (TPSA) is 20.2 Å². The number of fused-ring (bicyclic) bond motifs is 1. The fourth-order valence-corrected chi connectivity index (χ4v) is 3.04. The van der Waals surface area contributed by atoms with Crippen LogP contribution in [0.15, 0.2) is 65.1 Å². The lowest BCUT2D eigenvalue weighted by atomic mass is 9.99. The van der Waals surface area contributed by atoms with Crippen LogP contribution in [0.4, 0.5) is 0 Å². The van der Waals surface area contributed by atoms with Crippen LogP contribution in [0.1, 0.15) is 17.2 Å². The number of aliphatic hydroxyl groups excluding tert-OH is 1. The molecule has 0 bridgehead atoms. The fourth-order valence-electron chi connectivity index (χ4n) is 2.45. The van der Waals surface area contributed by atoms with Gasteiger partial charge in [-0.05, 0) is 52.2 Å². The van der Waals surface area contributed by atoms with Gasteiger partial charge in [0.1, 0.15) is 0 Å². The van der Waals surface area contributed by atoms with E-state index in [4.69, 9.17) is 11.6 Å². The number of aliphatic hydroxyl groups is 1. The van der Waals surface area contributed by atoms with Crippen LogP contribution in [0.2, 0.25) is 5.02 Å². The molecule has 0 aromatic heterocycles. The van der Waals surface area contributed by atoms with Crippen LogP contribution in [-0.2, 0) is 6.42 Å². The summed E-state index contributed by atoms with van der Waals surface area (Å²) < 4.78 is 1.06. The predicted octanol–water partition coefficient (Wildman–Crippen LogP) is 5.53. The van der Waals surface area contributed by atoms with Crippen molar-refractivity contribution in [2.24, 2.45) is 0 Å². The second-order valence-corrected chi connectivity index (χ2v) is 6.45. The van der Waals surface area contributed by atoms with E-state index in [2.05, 4.69) is 28.1 Å². The van der Waals surface area contributed by atoms with Gasteiger partial charge in [0.15, 0.2) is 0 Å². The Balaban J connectivity index is 1.87. The lowest BCUT2D eigenvalue weighted by Crippen LogP contribution is -2.01. The van der Waals surface area contributed by atoms with Crippen LogP contribution >= 0.6 is 27.5 Å². The summed E-state index contributed by atoms with van der Waals surface area (Å²) in [5, 5.41) is 13.4. The molecule has 1 unspecified atom stereocenters. The molecular weight excluding hydrogens is 348 g/mol. The van der Waals surface area contributed by atoms with Crippen molar-refractivity contribution in [3.05, 3.63) is 81.3 Å². The normalized spacial score (nSPS) is 12.5. The van der Waals surface area contributed by atoms with Crippen LogP contribution < -0.4 is 0 Å². The summed E-state index contributed by atoms with van der Waals surface area (Å²) in [7, 11) is 0. The first-order chi connectivity index (χ1) is 10.1. The van der Waals surface area contributed by atoms with Gasteiger partial charge in [-0.25, -0.2) is 0 Å². The molecule has 3 rings (SSSR count). The van der Waals surface area contributed by atoms with E-state index in [1.54, 1.807) is 0 Å². The van der Waals surface area contributed by atoms with Crippen LogP contribution in [0.3, 0.4) is 0 Å². The highest BCUT2D eigenvalue weighted by molar-refractivity contribution is 9.10. The average molecular weight is 362 g/mol. The molecule has 0 amide bonds. The average Bonchev–Trinajstić information content (AvgIpc) is 2.46. The summed E-state index contributed by atoms with van der Waals surface area (Å²) in [6.45, 7) is 0.